The van der Waals surface area contributed by atoms with Crippen LogP contribution in [0.3, 0.4) is 0 Å². The molecule has 2 aromatic rings. The lowest BCUT2D eigenvalue weighted by Gasteiger charge is -2.38. The fraction of sp³-hybridized carbons (Fsp3) is 0.316. The highest BCUT2D eigenvalue weighted by Crippen LogP contribution is 2.39. The number of nitrogens with zero attached hydrogens (tertiary/aromatic N) is 1. The van der Waals surface area contributed by atoms with E-state index in [1.807, 2.05) is 36.4 Å². The third-order valence-electron chi connectivity index (χ3n) is 4.61. The van der Waals surface area contributed by atoms with E-state index in [2.05, 4.69) is 20.8 Å². The largest absolute Gasteiger partial charge is 0.481 e. The molecule has 2 atom stereocenters. The number of carboxylic acids is 1. The van der Waals surface area contributed by atoms with Gasteiger partial charge in [-0.25, -0.2) is 0 Å². The number of carbonyl (C=O) groups is 1. The highest BCUT2D eigenvalue weighted by atomic mass is 79.9. The minimum atomic E-state index is -0.741. The number of aliphatic carboxylic acids is 1. The van der Waals surface area contributed by atoms with Crippen LogP contribution in [0, 0.1) is 5.92 Å². The molecule has 0 amide bonds. The summed E-state index contributed by atoms with van der Waals surface area (Å²) in [5, 5.41) is 10.5. The van der Waals surface area contributed by atoms with Crippen molar-refractivity contribution >= 4 is 45.1 Å². The first-order valence-corrected chi connectivity index (χ1v) is 9.68. The Morgan fingerprint density at radius 3 is 2.72 bits per heavy atom. The molecule has 2 unspecified atom stereocenters. The van der Waals surface area contributed by atoms with E-state index in [0.717, 1.165) is 28.6 Å². The molecule has 0 aromatic heterocycles. The van der Waals surface area contributed by atoms with Crippen LogP contribution in [-0.4, -0.2) is 29.1 Å². The summed E-state index contributed by atoms with van der Waals surface area (Å²) in [4.78, 5) is 13.7. The number of benzene rings is 2. The second-order valence-corrected chi connectivity index (χ2v) is 7.97. The van der Waals surface area contributed by atoms with Crippen molar-refractivity contribution in [3.63, 3.8) is 0 Å². The van der Waals surface area contributed by atoms with E-state index in [9.17, 15) is 9.90 Å². The second-order valence-electron chi connectivity index (χ2n) is 6.27. The van der Waals surface area contributed by atoms with Gasteiger partial charge in [-0.1, -0.05) is 63.4 Å². The predicted molar refractivity (Wildman–Crippen MR) is 104 cm³/mol. The molecule has 0 radical (unpaired) electrons. The number of halogens is 3. The van der Waals surface area contributed by atoms with Gasteiger partial charge < -0.3 is 5.11 Å². The molecule has 1 N–H and O–H groups in total. The first-order chi connectivity index (χ1) is 12.0. The van der Waals surface area contributed by atoms with Crippen molar-refractivity contribution in [3.05, 3.63) is 68.1 Å². The summed E-state index contributed by atoms with van der Waals surface area (Å²) in [5.74, 6) is -1.10. The number of hydrogen-bond donors (Lipinski definition) is 1. The molecule has 132 valence electrons. The molecule has 1 heterocycles. The van der Waals surface area contributed by atoms with Crippen LogP contribution in [0.2, 0.25) is 10.0 Å². The van der Waals surface area contributed by atoms with Crippen LogP contribution in [-0.2, 0) is 4.79 Å². The molecule has 1 aliphatic heterocycles. The van der Waals surface area contributed by atoms with Crippen molar-refractivity contribution in [1.29, 1.82) is 0 Å². The zero-order chi connectivity index (χ0) is 18.0. The van der Waals surface area contributed by atoms with Crippen molar-refractivity contribution < 1.29 is 9.90 Å². The summed E-state index contributed by atoms with van der Waals surface area (Å²) in [7, 11) is 0. The quantitative estimate of drug-likeness (QED) is 0.665. The summed E-state index contributed by atoms with van der Waals surface area (Å²) in [6.07, 6.45) is 1.56. The average Bonchev–Trinajstić information content (AvgIpc) is 2.59. The van der Waals surface area contributed by atoms with Crippen LogP contribution < -0.4 is 0 Å². The molecule has 1 saturated heterocycles. The monoisotopic (exact) mass is 441 g/mol. The summed E-state index contributed by atoms with van der Waals surface area (Å²) in [5.41, 5.74) is 1.96. The normalized spacial score (nSPS) is 19.6. The molecule has 1 aliphatic rings. The Labute approximate surface area is 165 Å². The van der Waals surface area contributed by atoms with Crippen molar-refractivity contribution in [2.45, 2.75) is 18.9 Å². The average molecular weight is 443 g/mol. The molecule has 25 heavy (non-hydrogen) atoms. The fourth-order valence-electron chi connectivity index (χ4n) is 3.44. The van der Waals surface area contributed by atoms with Gasteiger partial charge in [0.1, 0.15) is 0 Å². The number of hydrogen-bond acceptors (Lipinski definition) is 2. The molecule has 3 rings (SSSR count). The first-order valence-electron chi connectivity index (χ1n) is 8.13. The third kappa shape index (κ3) is 4.20. The van der Waals surface area contributed by atoms with Crippen LogP contribution >= 0.6 is 39.1 Å². The van der Waals surface area contributed by atoms with E-state index in [1.54, 1.807) is 6.07 Å². The van der Waals surface area contributed by atoms with Crippen molar-refractivity contribution in [2.24, 2.45) is 5.92 Å². The van der Waals surface area contributed by atoms with Crippen molar-refractivity contribution in [2.75, 3.05) is 13.1 Å². The van der Waals surface area contributed by atoms with Crippen molar-refractivity contribution in [1.82, 2.24) is 4.90 Å². The van der Waals surface area contributed by atoms with Gasteiger partial charge in [0, 0.05) is 11.0 Å². The Morgan fingerprint density at radius 1 is 1.24 bits per heavy atom. The Bertz CT molecular complexity index is 784. The molecule has 2 aromatic carbocycles. The topological polar surface area (TPSA) is 40.5 Å². The fourth-order valence-corrected chi connectivity index (χ4v) is 4.27. The first kappa shape index (κ1) is 18.7. The van der Waals surface area contributed by atoms with Gasteiger partial charge in [0.15, 0.2) is 0 Å². The van der Waals surface area contributed by atoms with Crippen molar-refractivity contribution in [3.8, 4) is 0 Å². The second kappa shape index (κ2) is 8.09. The lowest BCUT2D eigenvalue weighted by atomic mass is 9.91. The molecule has 1 fully saturated rings. The highest BCUT2D eigenvalue weighted by Gasteiger charge is 2.32. The third-order valence-corrected chi connectivity index (χ3v) is 5.93. The maximum absolute atomic E-state index is 11.5. The molecule has 0 aliphatic carbocycles. The van der Waals surface area contributed by atoms with Gasteiger partial charge in [-0.15, -0.1) is 0 Å². The van der Waals surface area contributed by atoms with Crippen LogP contribution in [0.15, 0.2) is 46.9 Å². The Hall–Kier alpha value is -1.07. The summed E-state index contributed by atoms with van der Waals surface area (Å²) >= 11 is 16.3. The highest BCUT2D eigenvalue weighted by molar-refractivity contribution is 9.10. The van der Waals surface area contributed by atoms with E-state index in [0.29, 0.717) is 23.0 Å². The maximum Gasteiger partial charge on any atom is 0.307 e. The minimum Gasteiger partial charge on any atom is -0.481 e. The number of rotatable bonds is 4. The van der Waals surface area contributed by atoms with Gasteiger partial charge in [0.2, 0.25) is 0 Å². The number of likely N-dealkylation sites (tertiary alicyclic amines) is 1. The molecule has 6 heteroatoms. The van der Waals surface area contributed by atoms with Crippen LogP contribution in [0.1, 0.15) is 30.0 Å². The summed E-state index contributed by atoms with van der Waals surface area (Å²) in [6, 6.07) is 13.5. The van der Waals surface area contributed by atoms with Gasteiger partial charge >= 0.3 is 5.97 Å². The molecule has 0 saturated carbocycles. The Morgan fingerprint density at radius 2 is 2.00 bits per heavy atom. The van der Waals surface area contributed by atoms with Gasteiger partial charge in [-0.05, 0) is 48.7 Å². The number of piperidine rings is 1. The van der Waals surface area contributed by atoms with E-state index in [-0.39, 0.29) is 12.0 Å². The zero-order valence-electron chi connectivity index (χ0n) is 13.5. The lowest BCUT2D eigenvalue weighted by molar-refractivity contribution is -0.143. The van der Waals surface area contributed by atoms with Crippen LogP contribution in [0.4, 0.5) is 0 Å². The predicted octanol–water partition coefficient (Wildman–Crippen LogP) is 5.64. The standard InChI is InChI=1S/C19H18BrCl2NO2/c20-14-6-1-4-12(10-14)18(15-7-2-8-16(21)17(15)22)23-9-3-5-13(11-23)19(24)25/h1-2,4,6-8,10,13,18H,3,5,9,11H2,(H,24,25). The van der Waals surface area contributed by atoms with E-state index < -0.39 is 5.97 Å². The minimum absolute atomic E-state index is 0.133. The lowest BCUT2D eigenvalue weighted by Crippen LogP contribution is -2.41. The maximum atomic E-state index is 11.5. The van der Waals surface area contributed by atoms with Gasteiger partial charge in [-0.2, -0.15) is 0 Å². The van der Waals surface area contributed by atoms with Crippen LogP contribution in [0.25, 0.3) is 0 Å². The molecule has 0 bridgehead atoms. The van der Waals surface area contributed by atoms with Gasteiger partial charge in [0.05, 0.1) is 22.0 Å². The molecular weight excluding hydrogens is 425 g/mol. The van der Waals surface area contributed by atoms with E-state index in [1.165, 1.54) is 0 Å². The van der Waals surface area contributed by atoms with E-state index in [4.69, 9.17) is 23.2 Å². The number of carboxylic acid groups (broad SMARTS) is 1. The Kier molecular flexibility index (Phi) is 6.05. The smallest absolute Gasteiger partial charge is 0.307 e. The molecule has 3 nitrogen and oxygen atoms in total. The zero-order valence-corrected chi connectivity index (χ0v) is 16.6. The summed E-state index contributed by atoms with van der Waals surface area (Å²) < 4.78 is 0.972. The van der Waals surface area contributed by atoms with Gasteiger partial charge in [0.25, 0.3) is 0 Å². The molecular formula is C19H18BrCl2NO2. The Balaban J connectivity index is 2.06. The summed E-state index contributed by atoms with van der Waals surface area (Å²) in [6.45, 7) is 1.32. The SMILES string of the molecule is O=C(O)C1CCCN(C(c2cccc(Br)c2)c2cccc(Cl)c2Cl)C1. The molecule has 0 spiro atoms. The van der Waals surface area contributed by atoms with E-state index >= 15 is 0 Å². The van der Waals surface area contributed by atoms with Crippen LogP contribution in [0.5, 0.6) is 0 Å². The van der Waals surface area contributed by atoms with Gasteiger partial charge in [-0.3, -0.25) is 9.69 Å².